The van der Waals surface area contributed by atoms with Gasteiger partial charge in [-0.1, -0.05) is 103 Å². The van der Waals surface area contributed by atoms with Crippen molar-refractivity contribution in [3.63, 3.8) is 0 Å². The van der Waals surface area contributed by atoms with E-state index in [0.29, 0.717) is 17.5 Å². The van der Waals surface area contributed by atoms with Crippen molar-refractivity contribution in [3.05, 3.63) is 156 Å². The SMILES string of the molecule is CC1(N2C3=C(c4cccc(-c5cccc6c5c5ccccc5n6-c5ccccc5C#N)c4)CCC=C3C3C=CC=CC32)C=CCCC1. The van der Waals surface area contributed by atoms with Crippen LogP contribution in [0.15, 0.2) is 145 Å². The lowest BCUT2D eigenvalue weighted by molar-refractivity contribution is 0.160. The number of nitrogens with zero attached hydrogens (tertiary/aromatic N) is 3. The lowest BCUT2D eigenvalue weighted by atomic mass is 9.84. The van der Waals surface area contributed by atoms with Crippen LogP contribution >= 0.6 is 0 Å². The lowest BCUT2D eigenvalue weighted by Gasteiger charge is -2.45. The van der Waals surface area contributed by atoms with E-state index in [2.05, 4.69) is 138 Å². The van der Waals surface area contributed by atoms with Crippen LogP contribution < -0.4 is 0 Å². The number of fused-ring (bicyclic) bond motifs is 6. The Morgan fingerprint density at radius 3 is 2.53 bits per heavy atom. The van der Waals surface area contributed by atoms with Gasteiger partial charge in [-0.25, -0.2) is 0 Å². The first-order valence-electron chi connectivity index (χ1n) is 17.0. The summed E-state index contributed by atoms with van der Waals surface area (Å²) in [6.45, 7) is 2.45. The molecule has 3 unspecified atom stereocenters. The van der Waals surface area contributed by atoms with Crippen molar-refractivity contribution in [1.82, 2.24) is 9.47 Å². The molecule has 5 aromatic rings. The van der Waals surface area contributed by atoms with E-state index < -0.39 is 0 Å². The molecular weight excluding hydrogens is 571 g/mol. The van der Waals surface area contributed by atoms with Gasteiger partial charge < -0.3 is 9.47 Å². The lowest BCUT2D eigenvalue weighted by Crippen LogP contribution is -2.48. The van der Waals surface area contributed by atoms with Gasteiger partial charge in [0.1, 0.15) is 6.07 Å². The van der Waals surface area contributed by atoms with Crippen LogP contribution in [0.5, 0.6) is 0 Å². The van der Waals surface area contributed by atoms with Gasteiger partial charge in [-0.05, 0) is 97.2 Å². The first-order valence-corrected chi connectivity index (χ1v) is 17.0. The maximum absolute atomic E-state index is 10.0. The molecule has 0 spiro atoms. The smallest absolute Gasteiger partial charge is 0.101 e. The summed E-state index contributed by atoms with van der Waals surface area (Å²) in [5.74, 6) is 0.400. The molecule has 3 heteroatoms. The Balaban J connectivity index is 1.25. The van der Waals surface area contributed by atoms with Gasteiger partial charge in [0.05, 0.1) is 33.9 Å². The van der Waals surface area contributed by atoms with Crippen LogP contribution in [0, 0.1) is 17.2 Å². The molecule has 0 N–H and O–H groups in total. The molecule has 3 atom stereocenters. The van der Waals surface area contributed by atoms with Crippen LogP contribution in [0.3, 0.4) is 0 Å². The van der Waals surface area contributed by atoms with E-state index in [-0.39, 0.29) is 5.54 Å². The zero-order valence-electron chi connectivity index (χ0n) is 26.7. The van der Waals surface area contributed by atoms with E-state index in [4.69, 9.17) is 0 Å². The molecule has 4 aromatic carbocycles. The van der Waals surface area contributed by atoms with Crippen molar-refractivity contribution in [2.24, 2.45) is 5.92 Å². The third kappa shape index (κ3) is 4.25. The van der Waals surface area contributed by atoms with E-state index in [1.165, 1.54) is 63.6 Å². The standard InChI is InChI=1S/C44H37N3/c1-44(26-9-2-10-27-44)47-40-24-8-4-17-35(40)36-21-12-20-34(43(36)47)31-16-11-15-30(28-31)33-19-13-25-41-42(33)37-18-5-7-23-39(37)46(41)38-22-6-3-14-32(38)29-45/h3-9,11,13-19,21-26,28,35,40H,2,10,12,20,27H2,1H3. The van der Waals surface area contributed by atoms with Gasteiger partial charge in [0.15, 0.2) is 0 Å². The van der Waals surface area contributed by atoms with Crippen LogP contribution in [0.2, 0.25) is 0 Å². The molecule has 1 saturated heterocycles. The molecule has 4 aliphatic rings. The minimum atomic E-state index is -0.00501. The maximum Gasteiger partial charge on any atom is 0.101 e. The largest absolute Gasteiger partial charge is 0.355 e. The quantitative estimate of drug-likeness (QED) is 0.190. The highest BCUT2D eigenvalue weighted by atomic mass is 15.3. The third-order valence-electron chi connectivity index (χ3n) is 10.9. The molecule has 9 rings (SSSR count). The number of nitriles is 1. The highest BCUT2D eigenvalue weighted by molar-refractivity contribution is 6.16. The molecule has 1 fully saturated rings. The molecule has 0 amide bonds. The number of allylic oxidation sites excluding steroid dienone is 6. The molecule has 0 saturated carbocycles. The summed E-state index contributed by atoms with van der Waals surface area (Å²) in [5.41, 5.74) is 12.0. The number of likely N-dealkylation sites (tertiary alicyclic amines) is 1. The zero-order chi connectivity index (χ0) is 31.5. The van der Waals surface area contributed by atoms with Crippen molar-refractivity contribution in [3.8, 4) is 22.9 Å². The average Bonchev–Trinajstić information content (AvgIpc) is 3.66. The average molecular weight is 608 g/mol. The minimum absolute atomic E-state index is 0.00501. The fourth-order valence-electron chi connectivity index (χ4n) is 8.85. The number of hydrogen-bond donors (Lipinski definition) is 0. The predicted octanol–water partition coefficient (Wildman–Crippen LogP) is 10.7. The van der Waals surface area contributed by atoms with E-state index >= 15 is 0 Å². The zero-order valence-corrected chi connectivity index (χ0v) is 26.7. The highest BCUT2D eigenvalue weighted by Crippen LogP contribution is 2.52. The van der Waals surface area contributed by atoms with Crippen molar-refractivity contribution in [1.29, 1.82) is 5.26 Å². The number of aromatic nitrogens is 1. The van der Waals surface area contributed by atoms with Crippen LogP contribution in [0.25, 0.3) is 44.2 Å². The number of rotatable bonds is 4. The molecule has 1 aliphatic heterocycles. The fraction of sp³-hybridized carbons (Fsp3) is 0.205. The summed E-state index contributed by atoms with van der Waals surface area (Å²) < 4.78 is 2.26. The fourth-order valence-corrected chi connectivity index (χ4v) is 8.85. The summed E-state index contributed by atoms with van der Waals surface area (Å²) in [6.07, 6.45) is 22.4. The van der Waals surface area contributed by atoms with Gasteiger partial charge in [0, 0.05) is 22.4 Å². The Hall–Kier alpha value is -5.33. The van der Waals surface area contributed by atoms with Gasteiger partial charge in [-0.3, -0.25) is 0 Å². The monoisotopic (exact) mass is 607 g/mol. The Morgan fingerprint density at radius 1 is 0.830 bits per heavy atom. The maximum atomic E-state index is 10.0. The van der Waals surface area contributed by atoms with E-state index in [1.807, 2.05) is 18.2 Å². The Kier molecular flexibility index (Phi) is 6.47. The second-order valence-electron chi connectivity index (χ2n) is 13.6. The van der Waals surface area contributed by atoms with Crippen molar-refractivity contribution in [2.45, 2.75) is 50.6 Å². The van der Waals surface area contributed by atoms with Gasteiger partial charge in [-0.15, -0.1) is 0 Å². The molecule has 3 aliphatic carbocycles. The summed E-state index contributed by atoms with van der Waals surface area (Å²) in [5, 5.41) is 12.4. The van der Waals surface area contributed by atoms with Crippen LogP contribution in [0.4, 0.5) is 0 Å². The summed E-state index contributed by atoms with van der Waals surface area (Å²) in [4.78, 5) is 2.78. The summed E-state index contributed by atoms with van der Waals surface area (Å²) in [6, 6.07) is 35.2. The molecule has 47 heavy (non-hydrogen) atoms. The van der Waals surface area contributed by atoms with E-state index in [1.54, 1.807) is 0 Å². The molecule has 3 nitrogen and oxygen atoms in total. The Bertz CT molecular complexity index is 2280. The van der Waals surface area contributed by atoms with E-state index in [0.717, 1.165) is 29.6 Å². The van der Waals surface area contributed by atoms with E-state index in [9.17, 15) is 5.26 Å². The molecular formula is C44H37N3. The molecule has 0 radical (unpaired) electrons. The Morgan fingerprint density at radius 2 is 1.64 bits per heavy atom. The number of hydrogen-bond acceptors (Lipinski definition) is 2. The topological polar surface area (TPSA) is 32.0 Å². The molecule has 1 aromatic heterocycles. The third-order valence-corrected chi connectivity index (χ3v) is 10.9. The normalized spacial score (nSPS) is 23.2. The molecule has 228 valence electrons. The summed E-state index contributed by atoms with van der Waals surface area (Å²) >= 11 is 0. The first-order chi connectivity index (χ1) is 23.2. The van der Waals surface area contributed by atoms with Gasteiger partial charge in [0.2, 0.25) is 0 Å². The second kappa shape index (κ2) is 10.9. The summed E-state index contributed by atoms with van der Waals surface area (Å²) in [7, 11) is 0. The first kappa shape index (κ1) is 27.9. The van der Waals surface area contributed by atoms with Crippen molar-refractivity contribution >= 4 is 27.4 Å². The number of benzene rings is 4. The molecule has 2 heterocycles. The molecule has 0 bridgehead atoms. The van der Waals surface area contributed by atoms with Gasteiger partial charge >= 0.3 is 0 Å². The van der Waals surface area contributed by atoms with Crippen molar-refractivity contribution in [2.75, 3.05) is 0 Å². The number of para-hydroxylation sites is 2. The Labute approximate surface area is 276 Å². The van der Waals surface area contributed by atoms with Crippen LogP contribution in [-0.4, -0.2) is 21.0 Å². The highest BCUT2D eigenvalue weighted by Gasteiger charge is 2.48. The second-order valence-corrected chi connectivity index (χ2v) is 13.6. The van der Waals surface area contributed by atoms with Crippen molar-refractivity contribution < 1.29 is 0 Å². The van der Waals surface area contributed by atoms with Gasteiger partial charge in [0.25, 0.3) is 0 Å². The predicted molar refractivity (Wildman–Crippen MR) is 194 cm³/mol. The van der Waals surface area contributed by atoms with Crippen LogP contribution in [0.1, 0.15) is 50.2 Å². The van der Waals surface area contributed by atoms with Gasteiger partial charge in [-0.2, -0.15) is 5.26 Å². The minimum Gasteiger partial charge on any atom is -0.355 e. The van der Waals surface area contributed by atoms with Crippen LogP contribution in [-0.2, 0) is 0 Å².